The lowest BCUT2D eigenvalue weighted by Gasteiger charge is -2.13. The van der Waals surface area contributed by atoms with Crippen LogP contribution in [0, 0.1) is 0 Å². The Labute approximate surface area is 166 Å². The van der Waals surface area contributed by atoms with E-state index in [4.69, 9.17) is 4.98 Å². The molecule has 0 unspecified atom stereocenters. The van der Waals surface area contributed by atoms with Crippen LogP contribution in [0.4, 0.5) is 5.95 Å². The Morgan fingerprint density at radius 2 is 1.96 bits per heavy atom. The molecular formula is C20H22N6OS. The first-order chi connectivity index (χ1) is 13.4. The predicted molar refractivity (Wildman–Crippen MR) is 112 cm³/mol. The van der Waals surface area contributed by atoms with Crippen LogP contribution >= 0.6 is 11.3 Å². The molecular weight excluding hydrogens is 372 g/mol. The molecule has 144 valence electrons. The highest BCUT2D eigenvalue weighted by molar-refractivity contribution is 7.09. The van der Waals surface area contributed by atoms with Crippen molar-refractivity contribution in [2.75, 3.05) is 11.9 Å². The van der Waals surface area contributed by atoms with Crippen molar-refractivity contribution >= 4 is 28.3 Å². The summed E-state index contributed by atoms with van der Waals surface area (Å²) in [6.45, 7) is 7.11. The van der Waals surface area contributed by atoms with Crippen molar-refractivity contribution in [3.8, 4) is 5.69 Å². The van der Waals surface area contributed by atoms with Gasteiger partial charge in [0.2, 0.25) is 5.95 Å². The van der Waals surface area contributed by atoms with Crippen LogP contribution in [-0.2, 0) is 11.8 Å². The van der Waals surface area contributed by atoms with Gasteiger partial charge >= 0.3 is 0 Å². The third-order valence-electron chi connectivity index (χ3n) is 4.31. The van der Waals surface area contributed by atoms with E-state index in [0.29, 0.717) is 23.5 Å². The van der Waals surface area contributed by atoms with E-state index in [0.717, 1.165) is 22.8 Å². The van der Waals surface area contributed by atoms with Crippen LogP contribution in [0.25, 0.3) is 16.7 Å². The highest BCUT2D eigenvalue weighted by atomic mass is 32.1. The first-order valence-electron chi connectivity index (χ1n) is 9.14. The van der Waals surface area contributed by atoms with Crippen LogP contribution < -0.4 is 10.9 Å². The quantitative estimate of drug-likeness (QED) is 0.541. The maximum Gasteiger partial charge on any atom is 0.263 e. The van der Waals surface area contributed by atoms with E-state index in [9.17, 15) is 4.79 Å². The number of fused-ring (bicyclic) bond motifs is 1. The monoisotopic (exact) mass is 394 g/mol. The normalized spacial score (nSPS) is 11.8. The molecule has 2 N–H and O–H groups in total. The maximum absolute atomic E-state index is 12.4. The molecule has 0 radical (unpaired) electrons. The fraction of sp³-hybridized carbons (Fsp3) is 0.300. The van der Waals surface area contributed by atoms with Gasteiger partial charge in [0, 0.05) is 23.8 Å². The Hall–Kier alpha value is -3.00. The minimum Gasteiger partial charge on any atom is -0.355 e. The van der Waals surface area contributed by atoms with Crippen molar-refractivity contribution in [3.63, 3.8) is 0 Å². The summed E-state index contributed by atoms with van der Waals surface area (Å²) in [5, 5.41) is 11.2. The third-order valence-corrected chi connectivity index (χ3v) is 5.62. The van der Waals surface area contributed by atoms with E-state index in [2.05, 4.69) is 46.5 Å². The Kier molecular flexibility index (Phi) is 4.72. The Morgan fingerprint density at radius 3 is 2.68 bits per heavy atom. The van der Waals surface area contributed by atoms with Crippen LogP contribution in [0.15, 0.2) is 46.7 Å². The lowest BCUT2D eigenvalue weighted by Crippen LogP contribution is -2.15. The van der Waals surface area contributed by atoms with Gasteiger partial charge in [0.1, 0.15) is 5.39 Å². The van der Waals surface area contributed by atoms with E-state index < -0.39 is 0 Å². The molecule has 4 rings (SSSR count). The number of aromatic amines is 1. The fourth-order valence-corrected chi connectivity index (χ4v) is 3.78. The number of hydrogen-bond acceptors (Lipinski definition) is 6. The molecule has 0 bridgehead atoms. The summed E-state index contributed by atoms with van der Waals surface area (Å²) in [5.74, 6) is 0.432. The summed E-state index contributed by atoms with van der Waals surface area (Å²) in [6, 6.07) is 9.64. The van der Waals surface area contributed by atoms with Crippen LogP contribution in [0.3, 0.4) is 0 Å². The second-order valence-corrected chi connectivity index (χ2v) is 8.47. The number of aromatic nitrogens is 5. The lowest BCUT2D eigenvalue weighted by molar-refractivity contribution is 0.583. The van der Waals surface area contributed by atoms with E-state index in [1.165, 1.54) is 0 Å². The van der Waals surface area contributed by atoms with Crippen LogP contribution in [0.1, 0.15) is 31.5 Å². The molecule has 0 atom stereocenters. The number of para-hydroxylation sites is 1. The molecule has 28 heavy (non-hydrogen) atoms. The molecule has 0 aliphatic carbocycles. The highest BCUT2D eigenvalue weighted by Crippen LogP contribution is 2.25. The van der Waals surface area contributed by atoms with Gasteiger partial charge in [-0.1, -0.05) is 39.0 Å². The molecule has 0 aliphatic rings. The van der Waals surface area contributed by atoms with Crippen LogP contribution in [0.2, 0.25) is 0 Å². The molecule has 3 aromatic heterocycles. The van der Waals surface area contributed by atoms with Gasteiger partial charge in [-0.25, -0.2) is 9.67 Å². The minimum atomic E-state index is -0.210. The predicted octanol–water partition coefficient (Wildman–Crippen LogP) is 3.52. The van der Waals surface area contributed by atoms with E-state index >= 15 is 0 Å². The summed E-state index contributed by atoms with van der Waals surface area (Å²) < 4.78 is 1.67. The number of H-pyrrole nitrogens is 1. The minimum absolute atomic E-state index is 0.0595. The van der Waals surface area contributed by atoms with Gasteiger partial charge in [-0.3, -0.25) is 9.78 Å². The molecule has 0 spiro atoms. The highest BCUT2D eigenvalue weighted by Gasteiger charge is 2.18. The summed E-state index contributed by atoms with van der Waals surface area (Å²) in [6.07, 6.45) is 2.30. The zero-order valence-electron chi connectivity index (χ0n) is 16.1. The zero-order valence-corrected chi connectivity index (χ0v) is 16.9. The number of hydrogen-bond donors (Lipinski definition) is 2. The van der Waals surface area contributed by atoms with E-state index in [-0.39, 0.29) is 11.0 Å². The van der Waals surface area contributed by atoms with Crippen molar-refractivity contribution < 1.29 is 0 Å². The first-order valence-corrected chi connectivity index (χ1v) is 10.0. The SMILES string of the molecule is CC(C)(C)c1nc(CCNc2nc3c(cnn3-c3ccccc3)c(=O)[nH]2)cs1. The van der Waals surface area contributed by atoms with Gasteiger partial charge < -0.3 is 5.32 Å². The third kappa shape index (κ3) is 3.68. The first kappa shape index (κ1) is 18.4. The Morgan fingerprint density at radius 1 is 1.18 bits per heavy atom. The number of nitrogens with zero attached hydrogens (tertiary/aromatic N) is 4. The van der Waals surface area contributed by atoms with Crippen molar-refractivity contribution in [1.82, 2.24) is 24.7 Å². The van der Waals surface area contributed by atoms with E-state index in [1.54, 1.807) is 22.2 Å². The van der Waals surface area contributed by atoms with Gasteiger partial charge in [0.05, 0.1) is 22.6 Å². The second kappa shape index (κ2) is 7.20. The average Bonchev–Trinajstić information content (AvgIpc) is 3.30. The molecule has 0 saturated carbocycles. The van der Waals surface area contributed by atoms with Gasteiger partial charge in [0.15, 0.2) is 5.65 Å². The number of thiazole rings is 1. The molecule has 7 nitrogen and oxygen atoms in total. The molecule has 1 aromatic carbocycles. The van der Waals surface area contributed by atoms with Crippen molar-refractivity contribution in [1.29, 1.82) is 0 Å². The number of benzene rings is 1. The average molecular weight is 395 g/mol. The van der Waals surface area contributed by atoms with Gasteiger partial charge in [0.25, 0.3) is 5.56 Å². The van der Waals surface area contributed by atoms with Gasteiger partial charge in [-0.05, 0) is 12.1 Å². The van der Waals surface area contributed by atoms with Crippen LogP contribution in [-0.4, -0.2) is 31.3 Å². The number of rotatable bonds is 5. The Bertz CT molecular complexity index is 1150. The standard InChI is InChI=1S/C20H22N6OS/c1-20(2,3)18-23-13(12-28-18)9-10-21-19-24-16-15(17(27)25-19)11-22-26(16)14-7-5-4-6-8-14/h4-8,11-12H,9-10H2,1-3H3,(H2,21,24,25,27). The molecule has 0 aliphatic heterocycles. The van der Waals surface area contributed by atoms with Crippen molar-refractivity contribution in [2.45, 2.75) is 32.6 Å². The summed E-state index contributed by atoms with van der Waals surface area (Å²) in [5.41, 5.74) is 2.28. The summed E-state index contributed by atoms with van der Waals surface area (Å²) in [4.78, 5) is 24.4. The smallest absolute Gasteiger partial charge is 0.263 e. The summed E-state index contributed by atoms with van der Waals surface area (Å²) >= 11 is 1.68. The van der Waals surface area contributed by atoms with Crippen molar-refractivity contribution in [3.05, 3.63) is 63.0 Å². The fourth-order valence-electron chi connectivity index (χ4n) is 2.84. The van der Waals surface area contributed by atoms with Gasteiger partial charge in [-0.2, -0.15) is 10.1 Å². The zero-order chi connectivity index (χ0) is 19.7. The molecule has 3 heterocycles. The Balaban J connectivity index is 1.53. The molecule has 0 fully saturated rings. The molecule has 4 aromatic rings. The van der Waals surface area contributed by atoms with E-state index in [1.807, 2.05) is 30.3 Å². The summed E-state index contributed by atoms with van der Waals surface area (Å²) in [7, 11) is 0. The maximum atomic E-state index is 12.4. The molecule has 0 amide bonds. The van der Waals surface area contributed by atoms with Gasteiger partial charge in [-0.15, -0.1) is 11.3 Å². The van der Waals surface area contributed by atoms with Crippen molar-refractivity contribution in [2.24, 2.45) is 0 Å². The largest absolute Gasteiger partial charge is 0.355 e. The topological polar surface area (TPSA) is 88.5 Å². The molecule has 8 heteroatoms. The van der Waals surface area contributed by atoms with Crippen LogP contribution in [0.5, 0.6) is 0 Å². The number of nitrogens with one attached hydrogen (secondary N) is 2. The second-order valence-electron chi connectivity index (χ2n) is 7.61. The molecule has 0 saturated heterocycles. The number of anilines is 1. The lowest BCUT2D eigenvalue weighted by atomic mass is 9.98.